The van der Waals surface area contributed by atoms with Gasteiger partial charge >= 0.3 is 5.97 Å². The molecule has 0 aliphatic carbocycles. The number of carboxylic acid groups (broad SMARTS) is 1. The highest BCUT2D eigenvalue weighted by atomic mass is 16.5. The van der Waals surface area contributed by atoms with Gasteiger partial charge in [0.25, 0.3) is 5.91 Å². The van der Waals surface area contributed by atoms with Gasteiger partial charge in [0.15, 0.2) is 0 Å². The second-order valence-corrected chi connectivity index (χ2v) is 4.83. The van der Waals surface area contributed by atoms with Gasteiger partial charge in [-0.25, -0.2) is 0 Å². The van der Waals surface area contributed by atoms with Crippen LogP contribution in [0.3, 0.4) is 0 Å². The summed E-state index contributed by atoms with van der Waals surface area (Å²) >= 11 is 0. The number of ether oxygens (including phenoxy) is 1. The molecule has 1 aromatic rings. The van der Waals surface area contributed by atoms with E-state index >= 15 is 0 Å². The highest BCUT2D eigenvalue weighted by Crippen LogP contribution is 2.22. The van der Waals surface area contributed by atoms with E-state index in [9.17, 15) is 9.59 Å². The minimum absolute atomic E-state index is 0.0181. The molecule has 6 heteroatoms. The van der Waals surface area contributed by atoms with E-state index < -0.39 is 5.97 Å². The number of hydrogen-bond acceptors (Lipinski definition) is 4. The summed E-state index contributed by atoms with van der Waals surface area (Å²) in [6, 6.07) is 3.00. The number of pyridine rings is 1. The molecule has 0 radical (unpaired) electrons. The highest BCUT2D eigenvalue weighted by molar-refractivity contribution is 5.93. The first kappa shape index (κ1) is 14.3. The fourth-order valence-electron chi connectivity index (χ4n) is 2.48. The van der Waals surface area contributed by atoms with Crippen LogP contribution in [0.5, 0.6) is 5.75 Å². The first-order valence-electron chi connectivity index (χ1n) is 6.64. The maximum absolute atomic E-state index is 12.5. The summed E-state index contributed by atoms with van der Waals surface area (Å²) in [5.74, 6) is -0.543. The van der Waals surface area contributed by atoms with E-state index in [0.717, 1.165) is 19.3 Å². The lowest BCUT2D eigenvalue weighted by Gasteiger charge is -2.34. The van der Waals surface area contributed by atoms with Crippen LogP contribution in [0.2, 0.25) is 0 Å². The number of piperidine rings is 1. The van der Waals surface area contributed by atoms with Crippen molar-refractivity contribution in [2.45, 2.75) is 31.7 Å². The van der Waals surface area contributed by atoms with E-state index in [-0.39, 0.29) is 18.4 Å². The zero-order valence-electron chi connectivity index (χ0n) is 11.4. The average Bonchev–Trinajstić information content (AvgIpc) is 2.46. The van der Waals surface area contributed by atoms with Crippen molar-refractivity contribution < 1.29 is 19.4 Å². The molecule has 1 aromatic heterocycles. The van der Waals surface area contributed by atoms with Crippen LogP contribution in [0.1, 0.15) is 36.2 Å². The number of carboxylic acids is 1. The van der Waals surface area contributed by atoms with E-state index in [0.29, 0.717) is 18.0 Å². The number of rotatable bonds is 4. The second-order valence-electron chi connectivity index (χ2n) is 4.83. The predicted octanol–water partition coefficient (Wildman–Crippen LogP) is 1.56. The Hall–Kier alpha value is -2.11. The third-order valence-electron chi connectivity index (χ3n) is 3.48. The summed E-state index contributed by atoms with van der Waals surface area (Å²) in [6.45, 7) is 0.579. The molecule has 1 aliphatic rings. The molecular formula is C14H18N2O4. The van der Waals surface area contributed by atoms with Crippen molar-refractivity contribution in [3.05, 3.63) is 24.0 Å². The van der Waals surface area contributed by atoms with Crippen LogP contribution < -0.4 is 4.74 Å². The topological polar surface area (TPSA) is 79.7 Å². The normalized spacial score (nSPS) is 18.6. The highest BCUT2D eigenvalue weighted by Gasteiger charge is 2.29. The van der Waals surface area contributed by atoms with Gasteiger partial charge in [0.2, 0.25) is 0 Å². The van der Waals surface area contributed by atoms with E-state index in [1.807, 2.05) is 0 Å². The SMILES string of the molecule is COc1ccnc(C(=O)N2CCCC[C@@H]2CC(=O)O)c1. The fourth-order valence-corrected chi connectivity index (χ4v) is 2.48. The lowest BCUT2D eigenvalue weighted by atomic mass is 9.99. The van der Waals surface area contributed by atoms with Gasteiger partial charge in [-0.3, -0.25) is 14.6 Å². The van der Waals surface area contributed by atoms with Gasteiger partial charge in [-0.05, 0) is 25.3 Å². The number of aliphatic carboxylic acids is 1. The minimum Gasteiger partial charge on any atom is -0.497 e. The maximum Gasteiger partial charge on any atom is 0.305 e. The molecule has 1 saturated heterocycles. The molecule has 6 nitrogen and oxygen atoms in total. The molecule has 1 aliphatic heterocycles. The lowest BCUT2D eigenvalue weighted by Crippen LogP contribution is -2.45. The van der Waals surface area contributed by atoms with E-state index in [1.54, 1.807) is 17.0 Å². The molecule has 20 heavy (non-hydrogen) atoms. The Kier molecular flexibility index (Phi) is 4.55. The average molecular weight is 278 g/mol. The lowest BCUT2D eigenvalue weighted by molar-refractivity contribution is -0.138. The molecule has 2 rings (SSSR count). The Bertz CT molecular complexity index is 504. The van der Waals surface area contributed by atoms with Crippen molar-refractivity contribution in [2.24, 2.45) is 0 Å². The Balaban J connectivity index is 2.18. The third kappa shape index (κ3) is 3.26. The smallest absolute Gasteiger partial charge is 0.305 e. The molecule has 1 N–H and O–H groups in total. The molecule has 1 amide bonds. The van der Waals surface area contributed by atoms with Gasteiger partial charge in [-0.15, -0.1) is 0 Å². The quantitative estimate of drug-likeness (QED) is 0.904. The first-order chi connectivity index (χ1) is 9.61. The van der Waals surface area contributed by atoms with Crippen molar-refractivity contribution in [1.82, 2.24) is 9.88 Å². The van der Waals surface area contributed by atoms with Crippen LogP contribution in [0, 0.1) is 0 Å². The molecule has 0 spiro atoms. The Morgan fingerprint density at radius 3 is 3.00 bits per heavy atom. The van der Waals surface area contributed by atoms with Crippen LogP contribution in [0.4, 0.5) is 0 Å². The summed E-state index contributed by atoms with van der Waals surface area (Å²) in [4.78, 5) is 29.1. The third-order valence-corrected chi connectivity index (χ3v) is 3.48. The van der Waals surface area contributed by atoms with Crippen LogP contribution >= 0.6 is 0 Å². The molecule has 2 heterocycles. The molecule has 108 valence electrons. The van der Waals surface area contributed by atoms with Crippen molar-refractivity contribution in [1.29, 1.82) is 0 Å². The number of aromatic nitrogens is 1. The van der Waals surface area contributed by atoms with Crippen LogP contribution in [0.25, 0.3) is 0 Å². The number of carbonyl (C=O) groups excluding carboxylic acids is 1. The summed E-state index contributed by atoms with van der Waals surface area (Å²) in [7, 11) is 1.53. The molecule has 0 bridgehead atoms. The summed E-state index contributed by atoms with van der Waals surface area (Å²) in [5, 5.41) is 8.94. The number of methoxy groups -OCH3 is 1. The van der Waals surface area contributed by atoms with Crippen LogP contribution in [-0.4, -0.2) is 46.6 Å². The van der Waals surface area contributed by atoms with Gasteiger partial charge in [0, 0.05) is 24.8 Å². The summed E-state index contributed by atoms with van der Waals surface area (Å²) in [6.07, 6.45) is 4.07. The summed E-state index contributed by atoms with van der Waals surface area (Å²) < 4.78 is 5.08. The maximum atomic E-state index is 12.5. The van der Waals surface area contributed by atoms with Crippen molar-refractivity contribution >= 4 is 11.9 Å². The fraction of sp³-hybridized carbons (Fsp3) is 0.500. The minimum atomic E-state index is -0.881. The van der Waals surface area contributed by atoms with Crippen LogP contribution in [0.15, 0.2) is 18.3 Å². The van der Waals surface area contributed by atoms with Crippen molar-refractivity contribution in [3.8, 4) is 5.75 Å². The van der Waals surface area contributed by atoms with E-state index in [2.05, 4.69) is 4.98 Å². The van der Waals surface area contributed by atoms with Gasteiger partial charge in [0.1, 0.15) is 11.4 Å². The van der Waals surface area contributed by atoms with Gasteiger partial charge in [-0.2, -0.15) is 0 Å². The predicted molar refractivity (Wildman–Crippen MR) is 71.7 cm³/mol. The number of nitrogens with zero attached hydrogens (tertiary/aromatic N) is 2. The first-order valence-corrected chi connectivity index (χ1v) is 6.64. The molecule has 0 unspecified atom stereocenters. The van der Waals surface area contributed by atoms with Gasteiger partial charge in [0.05, 0.1) is 13.5 Å². The Morgan fingerprint density at radius 1 is 1.50 bits per heavy atom. The standard InChI is InChI=1S/C14H18N2O4/c1-20-11-5-6-15-12(9-11)14(19)16-7-3-2-4-10(16)8-13(17)18/h5-6,9-10H,2-4,7-8H2,1H3,(H,17,18)/t10-/m1/s1. The van der Waals surface area contributed by atoms with Gasteiger partial charge in [-0.1, -0.05) is 0 Å². The van der Waals surface area contributed by atoms with Gasteiger partial charge < -0.3 is 14.7 Å². The Morgan fingerprint density at radius 2 is 2.30 bits per heavy atom. The Labute approximate surface area is 117 Å². The molecule has 1 fully saturated rings. The monoisotopic (exact) mass is 278 g/mol. The largest absolute Gasteiger partial charge is 0.497 e. The number of amides is 1. The van der Waals surface area contributed by atoms with Crippen molar-refractivity contribution in [2.75, 3.05) is 13.7 Å². The number of likely N-dealkylation sites (tertiary alicyclic amines) is 1. The zero-order valence-corrected chi connectivity index (χ0v) is 11.4. The van der Waals surface area contributed by atoms with E-state index in [1.165, 1.54) is 13.3 Å². The molecule has 0 aromatic carbocycles. The van der Waals surface area contributed by atoms with Crippen molar-refractivity contribution in [3.63, 3.8) is 0 Å². The summed E-state index contributed by atoms with van der Waals surface area (Å²) in [5.41, 5.74) is 0.293. The van der Waals surface area contributed by atoms with Crippen LogP contribution in [-0.2, 0) is 4.79 Å². The van der Waals surface area contributed by atoms with E-state index in [4.69, 9.17) is 9.84 Å². The second kappa shape index (κ2) is 6.36. The molecule has 1 atom stereocenters. The number of hydrogen-bond donors (Lipinski definition) is 1. The molecular weight excluding hydrogens is 260 g/mol. The zero-order chi connectivity index (χ0) is 14.5. The number of carbonyl (C=O) groups is 2. The molecule has 0 saturated carbocycles.